The molecule has 1 aromatic carbocycles. The molecule has 0 aromatic heterocycles. The summed E-state index contributed by atoms with van der Waals surface area (Å²) in [5, 5.41) is 0. The minimum atomic E-state index is 0.361. The number of rotatable bonds is 6. The number of benzene rings is 1. The monoisotopic (exact) mass is 264 g/mol. The molecule has 0 bridgehead atoms. The lowest BCUT2D eigenvalue weighted by Gasteiger charge is -2.38. The predicted octanol–water partition coefficient (Wildman–Crippen LogP) is 1.50. The maximum atomic E-state index is 5.86. The van der Waals surface area contributed by atoms with Crippen LogP contribution in [0.25, 0.3) is 0 Å². The predicted molar refractivity (Wildman–Crippen MR) is 76.4 cm³/mol. The Hall–Kier alpha value is -1.10. The third-order valence-corrected chi connectivity index (χ3v) is 3.79. The number of methoxy groups -OCH3 is 1. The van der Waals surface area contributed by atoms with Gasteiger partial charge in [-0.15, -0.1) is 0 Å². The number of ether oxygens (including phenoxy) is 2. The highest BCUT2D eigenvalue weighted by Crippen LogP contribution is 2.19. The van der Waals surface area contributed by atoms with E-state index in [1.807, 2.05) is 30.3 Å². The minimum absolute atomic E-state index is 0.361. The molecule has 19 heavy (non-hydrogen) atoms. The molecule has 0 radical (unpaired) electrons. The number of nitrogens with zero attached hydrogens (tertiary/aromatic N) is 1. The van der Waals surface area contributed by atoms with Gasteiger partial charge in [-0.1, -0.05) is 18.2 Å². The van der Waals surface area contributed by atoms with Crippen LogP contribution in [0.1, 0.15) is 12.8 Å². The van der Waals surface area contributed by atoms with Crippen LogP contribution in [0.5, 0.6) is 5.75 Å². The highest BCUT2D eigenvalue weighted by Gasteiger charge is 2.27. The standard InChI is InChI=1S/C15H24N2O2/c1-18-15-7-8-17(13(11-15)12-16)9-10-19-14-5-3-2-4-6-14/h2-6,13,15H,7-12,16H2,1H3. The number of hydrogen-bond acceptors (Lipinski definition) is 4. The fraction of sp³-hybridized carbons (Fsp3) is 0.600. The van der Waals surface area contributed by atoms with Crippen molar-refractivity contribution in [3.63, 3.8) is 0 Å². The molecular weight excluding hydrogens is 240 g/mol. The van der Waals surface area contributed by atoms with E-state index in [-0.39, 0.29) is 0 Å². The van der Waals surface area contributed by atoms with Gasteiger partial charge in [-0.25, -0.2) is 0 Å². The maximum absolute atomic E-state index is 5.86. The molecule has 4 heteroatoms. The molecule has 2 unspecified atom stereocenters. The molecule has 1 aromatic rings. The third kappa shape index (κ3) is 4.20. The average molecular weight is 264 g/mol. The summed E-state index contributed by atoms with van der Waals surface area (Å²) in [4.78, 5) is 2.42. The van der Waals surface area contributed by atoms with Crippen LogP contribution in [0.3, 0.4) is 0 Å². The molecule has 1 saturated heterocycles. The summed E-state index contributed by atoms with van der Waals surface area (Å²) >= 11 is 0. The summed E-state index contributed by atoms with van der Waals surface area (Å²) in [5.41, 5.74) is 5.86. The summed E-state index contributed by atoms with van der Waals surface area (Å²) in [6.45, 7) is 3.36. The Bertz CT molecular complexity index is 358. The quantitative estimate of drug-likeness (QED) is 0.846. The van der Waals surface area contributed by atoms with Gasteiger partial charge in [0.2, 0.25) is 0 Å². The number of para-hydroxylation sites is 1. The fourth-order valence-corrected chi connectivity index (χ4v) is 2.61. The van der Waals surface area contributed by atoms with Crippen LogP contribution in [-0.2, 0) is 4.74 Å². The Morgan fingerprint density at radius 3 is 2.79 bits per heavy atom. The van der Waals surface area contributed by atoms with Crippen molar-refractivity contribution >= 4 is 0 Å². The lowest BCUT2D eigenvalue weighted by molar-refractivity contribution is 0.00923. The van der Waals surface area contributed by atoms with E-state index in [9.17, 15) is 0 Å². The highest BCUT2D eigenvalue weighted by molar-refractivity contribution is 5.20. The summed E-state index contributed by atoms with van der Waals surface area (Å²) in [6.07, 6.45) is 2.47. The first kappa shape index (κ1) is 14.3. The van der Waals surface area contributed by atoms with E-state index in [0.29, 0.717) is 25.3 Å². The summed E-state index contributed by atoms with van der Waals surface area (Å²) in [5.74, 6) is 0.929. The van der Waals surface area contributed by atoms with E-state index in [4.69, 9.17) is 15.2 Å². The Morgan fingerprint density at radius 2 is 2.11 bits per heavy atom. The molecule has 4 nitrogen and oxygen atoms in total. The largest absolute Gasteiger partial charge is 0.492 e. The molecule has 1 aliphatic rings. The van der Waals surface area contributed by atoms with Gasteiger partial charge in [0, 0.05) is 32.8 Å². The first-order valence-corrected chi connectivity index (χ1v) is 6.98. The van der Waals surface area contributed by atoms with Gasteiger partial charge in [0.15, 0.2) is 0 Å². The van der Waals surface area contributed by atoms with Crippen molar-refractivity contribution in [2.45, 2.75) is 25.0 Å². The van der Waals surface area contributed by atoms with Gasteiger partial charge >= 0.3 is 0 Å². The lowest BCUT2D eigenvalue weighted by atomic mass is 9.99. The molecule has 0 aliphatic carbocycles. The molecule has 0 saturated carbocycles. The second kappa shape index (κ2) is 7.48. The van der Waals surface area contributed by atoms with Gasteiger partial charge in [0.25, 0.3) is 0 Å². The molecule has 0 amide bonds. The van der Waals surface area contributed by atoms with Gasteiger partial charge in [0.05, 0.1) is 6.10 Å². The molecule has 1 heterocycles. The molecule has 1 aliphatic heterocycles. The zero-order chi connectivity index (χ0) is 13.5. The second-order valence-electron chi connectivity index (χ2n) is 4.97. The van der Waals surface area contributed by atoms with E-state index in [1.165, 1.54) is 0 Å². The number of likely N-dealkylation sites (tertiary alicyclic amines) is 1. The lowest BCUT2D eigenvalue weighted by Crippen LogP contribution is -2.49. The van der Waals surface area contributed by atoms with Crippen LogP contribution in [0.2, 0.25) is 0 Å². The number of hydrogen-bond donors (Lipinski definition) is 1. The van der Waals surface area contributed by atoms with Crippen molar-refractivity contribution in [1.82, 2.24) is 4.90 Å². The Morgan fingerprint density at radius 1 is 1.32 bits per heavy atom. The van der Waals surface area contributed by atoms with Crippen LogP contribution >= 0.6 is 0 Å². The molecular formula is C15H24N2O2. The van der Waals surface area contributed by atoms with Crippen LogP contribution in [0.15, 0.2) is 30.3 Å². The van der Waals surface area contributed by atoms with Crippen molar-refractivity contribution in [2.24, 2.45) is 5.73 Å². The Labute approximate surface area is 115 Å². The first-order valence-electron chi connectivity index (χ1n) is 6.98. The first-order chi connectivity index (χ1) is 9.33. The Balaban J connectivity index is 1.76. The van der Waals surface area contributed by atoms with E-state index in [2.05, 4.69) is 4.90 Å². The molecule has 1 fully saturated rings. The van der Waals surface area contributed by atoms with Crippen molar-refractivity contribution < 1.29 is 9.47 Å². The van der Waals surface area contributed by atoms with Crippen LogP contribution < -0.4 is 10.5 Å². The fourth-order valence-electron chi connectivity index (χ4n) is 2.61. The highest BCUT2D eigenvalue weighted by atomic mass is 16.5. The van der Waals surface area contributed by atoms with Crippen molar-refractivity contribution in [3.05, 3.63) is 30.3 Å². The zero-order valence-electron chi connectivity index (χ0n) is 11.6. The number of piperidine rings is 1. The summed E-state index contributed by atoms with van der Waals surface area (Å²) < 4.78 is 11.2. The third-order valence-electron chi connectivity index (χ3n) is 3.79. The van der Waals surface area contributed by atoms with Gasteiger partial charge in [0.1, 0.15) is 12.4 Å². The Kier molecular flexibility index (Phi) is 5.63. The van der Waals surface area contributed by atoms with E-state index in [1.54, 1.807) is 7.11 Å². The summed E-state index contributed by atoms with van der Waals surface area (Å²) in [6, 6.07) is 10.4. The topological polar surface area (TPSA) is 47.7 Å². The molecule has 2 N–H and O–H groups in total. The molecule has 2 rings (SSSR count). The molecule has 0 spiro atoms. The van der Waals surface area contributed by atoms with Crippen LogP contribution in [0.4, 0.5) is 0 Å². The van der Waals surface area contributed by atoms with Gasteiger partial charge in [-0.3, -0.25) is 4.90 Å². The smallest absolute Gasteiger partial charge is 0.119 e. The van der Waals surface area contributed by atoms with Crippen molar-refractivity contribution in [2.75, 3.05) is 33.4 Å². The number of nitrogens with two attached hydrogens (primary N) is 1. The molecule has 2 atom stereocenters. The second-order valence-corrected chi connectivity index (χ2v) is 4.97. The van der Waals surface area contributed by atoms with Crippen molar-refractivity contribution in [1.29, 1.82) is 0 Å². The van der Waals surface area contributed by atoms with Gasteiger partial charge < -0.3 is 15.2 Å². The van der Waals surface area contributed by atoms with E-state index in [0.717, 1.165) is 31.7 Å². The van der Waals surface area contributed by atoms with Crippen molar-refractivity contribution in [3.8, 4) is 5.75 Å². The normalized spacial score (nSPS) is 24.3. The van der Waals surface area contributed by atoms with E-state index >= 15 is 0 Å². The van der Waals surface area contributed by atoms with E-state index < -0.39 is 0 Å². The van der Waals surface area contributed by atoms with Crippen LogP contribution in [-0.4, -0.2) is 50.4 Å². The molecule has 106 valence electrons. The van der Waals surface area contributed by atoms with Crippen LogP contribution in [0, 0.1) is 0 Å². The zero-order valence-corrected chi connectivity index (χ0v) is 11.6. The minimum Gasteiger partial charge on any atom is -0.492 e. The van der Waals surface area contributed by atoms with Gasteiger partial charge in [-0.2, -0.15) is 0 Å². The SMILES string of the molecule is COC1CCN(CCOc2ccccc2)C(CN)C1. The summed E-state index contributed by atoms with van der Waals surface area (Å²) in [7, 11) is 1.78. The maximum Gasteiger partial charge on any atom is 0.119 e. The van der Waals surface area contributed by atoms with Gasteiger partial charge in [-0.05, 0) is 25.0 Å². The average Bonchev–Trinajstić information content (AvgIpc) is 2.48.